The van der Waals surface area contributed by atoms with E-state index in [0.717, 1.165) is 23.4 Å². The Morgan fingerprint density at radius 1 is 1.10 bits per heavy atom. The van der Waals surface area contributed by atoms with Crippen LogP contribution in [-0.2, 0) is 14.6 Å². The second-order valence-corrected chi connectivity index (χ2v) is 12.9. The zero-order valence-corrected chi connectivity index (χ0v) is 24.9. The number of alkyl halides is 3. The van der Waals surface area contributed by atoms with Crippen LogP contribution in [0.25, 0.3) is 0 Å². The molecule has 1 aliphatic rings. The van der Waals surface area contributed by atoms with Crippen LogP contribution < -0.4 is 20.7 Å². The molecule has 3 N–H and O–H groups in total. The summed E-state index contributed by atoms with van der Waals surface area (Å²) in [6.45, 7) is -0.453. The van der Waals surface area contributed by atoms with Gasteiger partial charge in [0.2, 0.25) is 5.91 Å². The molecular formula is C27H35F3N4O5S2. The normalized spacial score (nSPS) is 19.5. The molecule has 0 bridgehead atoms. The van der Waals surface area contributed by atoms with E-state index < -0.39 is 46.4 Å². The summed E-state index contributed by atoms with van der Waals surface area (Å²) in [5, 5.41) is 8.04. The van der Waals surface area contributed by atoms with E-state index >= 15 is 0 Å². The van der Waals surface area contributed by atoms with Crippen LogP contribution in [0.4, 0.5) is 18.9 Å². The Balaban J connectivity index is 1.69. The van der Waals surface area contributed by atoms with Gasteiger partial charge in [0.25, 0.3) is 5.91 Å². The Morgan fingerprint density at radius 3 is 2.37 bits per heavy atom. The summed E-state index contributed by atoms with van der Waals surface area (Å²) in [6, 6.07) is 9.62. The molecule has 3 unspecified atom stereocenters. The Labute approximate surface area is 242 Å². The summed E-state index contributed by atoms with van der Waals surface area (Å²) in [5.74, 6) is -2.37. The van der Waals surface area contributed by atoms with Gasteiger partial charge in [0.15, 0.2) is 9.84 Å². The number of nitrogens with zero attached hydrogens (tertiary/aromatic N) is 1. The fraction of sp³-hybridized carbons (Fsp3) is 0.481. The van der Waals surface area contributed by atoms with E-state index in [1.807, 2.05) is 25.3 Å². The zero-order valence-electron chi connectivity index (χ0n) is 23.2. The van der Waals surface area contributed by atoms with Crippen molar-refractivity contribution in [1.82, 2.24) is 15.5 Å². The fourth-order valence-corrected chi connectivity index (χ4v) is 6.97. The highest BCUT2D eigenvalue weighted by atomic mass is 32.2. The van der Waals surface area contributed by atoms with E-state index in [4.69, 9.17) is 0 Å². The van der Waals surface area contributed by atoms with Gasteiger partial charge in [-0.05, 0) is 88.0 Å². The smallest absolute Gasteiger partial charge is 0.406 e. The third kappa shape index (κ3) is 9.27. The maximum absolute atomic E-state index is 13.2. The van der Waals surface area contributed by atoms with Crippen molar-refractivity contribution in [2.75, 3.05) is 45.0 Å². The predicted molar refractivity (Wildman–Crippen MR) is 152 cm³/mol. The summed E-state index contributed by atoms with van der Waals surface area (Å²) in [6.07, 6.45) is -1.15. The maximum atomic E-state index is 13.2. The van der Waals surface area contributed by atoms with Crippen LogP contribution in [0.2, 0.25) is 0 Å². The number of anilines is 1. The molecule has 3 rings (SSSR count). The van der Waals surface area contributed by atoms with Gasteiger partial charge in [-0.2, -0.15) is 0 Å². The second-order valence-electron chi connectivity index (χ2n) is 10.0. The number of carbonyl (C=O) groups is 2. The van der Waals surface area contributed by atoms with Crippen molar-refractivity contribution in [2.45, 2.75) is 47.5 Å². The van der Waals surface area contributed by atoms with Crippen LogP contribution in [0.1, 0.15) is 29.6 Å². The average Bonchev–Trinajstić information content (AvgIpc) is 2.91. The molecule has 1 fully saturated rings. The number of nitrogens with one attached hydrogen (secondary N) is 3. The number of ether oxygens (including phenoxy) is 1. The van der Waals surface area contributed by atoms with Gasteiger partial charge in [0.05, 0.1) is 22.8 Å². The molecule has 0 aliphatic heterocycles. The van der Waals surface area contributed by atoms with Crippen molar-refractivity contribution >= 4 is 39.1 Å². The number of sulfone groups is 1. The third-order valence-corrected chi connectivity index (χ3v) is 9.64. The SMILES string of the molecule is CNc1ccc(OC(F)(F)F)cc1C(=O)NCC(=O)NC1CC(N(C)C)CCC1CS(=O)(=O)c1ccc(SC)cc1. The van der Waals surface area contributed by atoms with Crippen LogP contribution in [-0.4, -0.2) is 83.3 Å². The molecule has 1 aliphatic carbocycles. The Hall–Kier alpha value is -2.97. The Morgan fingerprint density at radius 2 is 1.78 bits per heavy atom. The predicted octanol–water partition coefficient (Wildman–Crippen LogP) is 3.77. The van der Waals surface area contributed by atoms with E-state index in [9.17, 15) is 31.2 Å². The van der Waals surface area contributed by atoms with Gasteiger partial charge >= 0.3 is 6.36 Å². The number of carbonyl (C=O) groups excluding carboxylic acids is 2. The summed E-state index contributed by atoms with van der Waals surface area (Å²) in [4.78, 5) is 28.9. The first kappa shape index (κ1) is 32.5. The number of thioether (sulfide) groups is 1. The largest absolute Gasteiger partial charge is 0.573 e. The molecular weight excluding hydrogens is 581 g/mol. The van der Waals surface area contributed by atoms with Crippen molar-refractivity contribution in [2.24, 2.45) is 5.92 Å². The highest BCUT2D eigenvalue weighted by Crippen LogP contribution is 2.31. The van der Waals surface area contributed by atoms with E-state index in [-0.39, 0.29) is 33.9 Å². The lowest BCUT2D eigenvalue weighted by atomic mass is 9.82. The van der Waals surface area contributed by atoms with Gasteiger partial charge < -0.3 is 25.6 Å². The Kier molecular flexibility index (Phi) is 11.0. The van der Waals surface area contributed by atoms with Crippen molar-refractivity contribution in [3.63, 3.8) is 0 Å². The molecule has 14 heteroatoms. The van der Waals surface area contributed by atoms with E-state index in [2.05, 4.69) is 20.7 Å². The van der Waals surface area contributed by atoms with Crippen molar-refractivity contribution in [1.29, 1.82) is 0 Å². The van der Waals surface area contributed by atoms with Crippen molar-refractivity contribution in [3.05, 3.63) is 48.0 Å². The van der Waals surface area contributed by atoms with Gasteiger partial charge in [-0.25, -0.2) is 8.42 Å². The molecule has 0 spiro atoms. The van der Waals surface area contributed by atoms with Crippen molar-refractivity contribution < 1.29 is 35.9 Å². The summed E-state index contributed by atoms with van der Waals surface area (Å²) in [7, 11) is 1.72. The first-order valence-corrected chi connectivity index (χ1v) is 15.8. The molecule has 2 aromatic rings. The first-order valence-electron chi connectivity index (χ1n) is 12.9. The first-order chi connectivity index (χ1) is 19.2. The van der Waals surface area contributed by atoms with Crippen LogP contribution in [0.5, 0.6) is 5.75 Å². The van der Waals surface area contributed by atoms with Crippen LogP contribution in [0.3, 0.4) is 0 Å². The van der Waals surface area contributed by atoms with Crippen LogP contribution in [0, 0.1) is 5.92 Å². The lowest BCUT2D eigenvalue weighted by Gasteiger charge is -2.39. The molecule has 226 valence electrons. The second kappa shape index (κ2) is 13.8. The molecule has 41 heavy (non-hydrogen) atoms. The fourth-order valence-electron chi connectivity index (χ4n) is 4.86. The number of amides is 2. The number of hydrogen-bond acceptors (Lipinski definition) is 8. The van der Waals surface area contributed by atoms with Gasteiger partial charge in [-0.3, -0.25) is 9.59 Å². The number of rotatable bonds is 11. The minimum atomic E-state index is -4.93. The lowest BCUT2D eigenvalue weighted by Crippen LogP contribution is -2.52. The van der Waals surface area contributed by atoms with Gasteiger partial charge in [0, 0.05) is 29.7 Å². The van der Waals surface area contributed by atoms with Crippen molar-refractivity contribution in [3.8, 4) is 5.75 Å². The molecule has 2 amide bonds. The van der Waals surface area contributed by atoms with Crippen LogP contribution >= 0.6 is 11.8 Å². The van der Waals surface area contributed by atoms with Gasteiger partial charge in [-0.1, -0.05) is 0 Å². The minimum absolute atomic E-state index is 0.129. The van der Waals surface area contributed by atoms with Crippen LogP contribution in [0.15, 0.2) is 52.3 Å². The zero-order chi connectivity index (χ0) is 30.4. The monoisotopic (exact) mass is 616 g/mol. The highest BCUT2D eigenvalue weighted by molar-refractivity contribution is 7.98. The third-order valence-electron chi connectivity index (χ3n) is 7.04. The minimum Gasteiger partial charge on any atom is -0.406 e. The number of benzene rings is 2. The maximum Gasteiger partial charge on any atom is 0.573 e. The van der Waals surface area contributed by atoms with E-state index in [0.29, 0.717) is 12.8 Å². The molecule has 0 radical (unpaired) electrons. The molecule has 0 saturated heterocycles. The number of hydrogen-bond donors (Lipinski definition) is 3. The molecule has 2 aromatic carbocycles. The summed E-state index contributed by atoms with van der Waals surface area (Å²) in [5.41, 5.74) is 0.109. The van der Waals surface area contributed by atoms with Gasteiger partial charge in [0.1, 0.15) is 5.75 Å². The Bertz CT molecular complexity index is 1320. The standard InChI is InChI=1S/C27H35F3N4O5S2/c1-31-23-12-7-19(39-27(28,29)30)14-22(23)26(36)32-15-25(35)33-24-13-18(34(2)3)6-5-17(24)16-41(37,38)21-10-8-20(40-4)9-11-21/h7-12,14,17-18,24,31H,5-6,13,15-16H2,1-4H3,(H,32,36)(H,33,35). The topological polar surface area (TPSA) is 117 Å². The number of halogens is 3. The lowest BCUT2D eigenvalue weighted by molar-refractivity contribution is -0.274. The molecule has 0 heterocycles. The summed E-state index contributed by atoms with van der Waals surface area (Å²) >= 11 is 1.51. The molecule has 3 atom stereocenters. The highest BCUT2D eigenvalue weighted by Gasteiger charge is 2.36. The van der Waals surface area contributed by atoms with E-state index in [1.165, 1.54) is 24.9 Å². The quantitative estimate of drug-likeness (QED) is 0.327. The average molecular weight is 617 g/mol. The molecule has 9 nitrogen and oxygen atoms in total. The summed E-state index contributed by atoms with van der Waals surface area (Å²) < 4.78 is 68.3. The van der Waals surface area contributed by atoms with E-state index in [1.54, 1.807) is 24.3 Å². The molecule has 0 aromatic heterocycles. The van der Waals surface area contributed by atoms with Gasteiger partial charge in [-0.15, -0.1) is 24.9 Å². The molecule has 1 saturated carbocycles.